The molecule has 0 fully saturated rings. The molecule has 2 unspecified atom stereocenters. The predicted octanol–water partition coefficient (Wildman–Crippen LogP) is 2.49. The number of hydrogen-bond acceptors (Lipinski definition) is 5. The summed E-state index contributed by atoms with van der Waals surface area (Å²) in [4.78, 5) is 0. The number of nitrogens with zero attached hydrogens (tertiary/aromatic N) is 1. The summed E-state index contributed by atoms with van der Waals surface area (Å²) in [5.41, 5.74) is 0. The summed E-state index contributed by atoms with van der Waals surface area (Å²) in [6, 6.07) is 2.18. The average Bonchev–Trinajstić information content (AvgIpc) is 2.47. The number of nitriles is 1. The molecule has 0 aliphatic carbocycles. The molecular weight excluding hydrogens is 302 g/mol. The molecule has 0 amide bonds. The largest absolute Gasteiger partial charge is 0.515 e. The number of aliphatic hydroxyl groups is 2. The molecule has 4 nitrogen and oxygen atoms in total. The fourth-order valence-corrected chi connectivity index (χ4v) is 3.70. The smallest absolute Gasteiger partial charge is 0.131 e. The maximum absolute atomic E-state index is 9.92. The number of thiol groups is 1. The third-order valence-electron chi connectivity index (χ3n) is 3.42. The summed E-state index contributed by atoms with van der Waals surface area (Å²) in [6.45, 7) is 1.91. The van der Waals surface area contributed by atoms with Crippen molar-refractivity contribution in [3.8, 4) is 6.07 Å². The van der Waals surface area contributed by atoms with E-state index in [1.165, 1.54) is 39.2 Å². The number of unbranched alkanes of at least 4 members (excludes halogenated alkanes) is 6. The van der Waals surface area contributed by atoms with Crippen LogP contribution in [0.1, 0.15) is 58.3 Å². The van der Waals surface area contributed by atoms with Gasteiger partial charge in [-0.3, -0.25) is 0 Å². The quantitative estimate of drug-likeness (QED) is 0.292. The zero-order valence-electron chi connectivity index (χ0n) is 13.1. The van der Waals surface area contributed by atoms with E-state index in [0.717, 1.165) is 12.8 Å². The molecule has 0 heterocycles. The van der Waals surface area contributed by atoms with Crippen LogP contribution in [0.3, 0.4) is 0 Å². The van der Waals surface area contributed by atoms with Gasteiger partial charge >= 0.3 is 0 Å². The van der Waals surface area contributed by atoms with E-state index in [1.54, 1.807) is 0 Å². The standard InChI is InChI=1S/C15H28NO3SSi/c1-3-4-5-6-7-8-9-10-15(20,12-16)21-14(18)13(11-17)19-2/h13,17-18,20H,3-11H2,1-2H3. The van der Waals surface area contributed by atoms with Crippen molar-refractivity contribution in [2.75, 3.05) is 13.7 Å². The van der Waals surface area contributed by atoms with Crippen LogP contribution in [0.4, 0.5) is 0 Å². The minimum Gasteiger partial charge on any atom is -0.515 e. The van der Waals surface area contributed by atoms with Crippen molar-refractivity contribution < 1.29 is 14.9 Å². The van der Waals surface area contributed by atoms with Gasteiger partial charge in [0.1, 0.15) is 19.6 Å². The molecule has 0 aromatic carbocycles. The van der Waals surface area contributed by atoms with Crippen molar-refractivity contribution in [2.24, 2.45) is 0 Å². The average molecular weight is 331 g/mol. The van der Waals surface area contributed by atoms with Gasteiger partial charge in [-0.15, -0.1) is 0 Å². The zero-order valence-corrected chi connectivity index (χ0v) is 15.0. The summed E-state index contributed by atoms with van der Waals surface area (Å²) < 4.78 is 4.10. The van der Waals surface area contributed by atoms with E-state index in [-0.39, 0.29) is 21.1 Å². The van der Waals surface area contributed by atoms with E-state index >= 15 is 0 Å². The third-order valence-corrected chi connectivity index (χ3v) is 5.43. The molecule has 6 heteroatoms. The normalized spacial score (nSPS) is 16.2. The molecular formula is C15H28NO3SSi. The van der Waals surface area contributed by atoms with Gasteiger partial charge in [-0.05, 0) is 6.42 Å². The Morgan fingerprint density at radius 3 is 2.33 bits per heavy atom. The van der Waals surface area contributed by atoms with Gasteiger partial charge in [0.25, 0.3) is 0 Å². The van der Waals surface area contributed by atoms with Crippen LogP contribution in [0.25, 0.3) is 0 Å². The fourth-order valence-electron chi connectivity index (χ4n) is 2.05. The van der Waals surface area contributed by atoms with E-state index in [4.69, 9.17) is 9.84 Å². The van der Waals surface area contributed by atoms with Crippen LogP contribution in [0.2, 0.25) is 0 Å². The number of ether oxygens (including phenoxy) is 1. The molecule has 0 aromatic heterocycles. The highest BCUT2D eigenvalue weighted by atomic mass is 32.1. The lowest BCUT2D eigenvalue weighted by Gasteiger charge is -2.18. The Labute approximate surface area is 136 Å². The van der Waals surface area contributed by atoms with E-state index in [0.29, 0.717) is 6.42 Å². The highest BCUT2D eigenvalue weighted by Gasteiger charge is 2.26. The highest BCUT2D eigenvalue weighted by Crippen LogP contribution is 2.20. The van der Waals surface area contributed by atoms with Crippen LogP contribution >= 0.6 is 12.6 Å². The monoisotopic (exact) mass is 330 g/mol. The molecule has 1 radical (unpaired) electrons. The van der Waals surface area contributed by atoms with Gasteiger partial charge in [-0.25, -0.2) is 0 Å². The molecule has 0 saturated heterocycles. The number of hydrogen-bond donors (Lipinski definition) is 3. The Morgan fingerprint density at radius 2 is 1.86 bits per heavy atom. The Hall–Kier alpha value is -0.353. The van der Waals surface area contributed by atoms with Crippen molar-refractivity contribution in [3.63, 3.8) is 0 Å². The lowest BCUT2D eigenvalue weighted by atomic mass is 10.1. The van der Waals surface area contributed by atoms with Crippen molar-refractivity contribution >= 4 is 27.1 Å². The van der Waals surface area contributed by atoms with Crippen molar-refractivity contribution in [1.29, 1.82) is 5.26 Å². The first-order valence-corrected chi connectivity index (χ1v) is 9.09. The van der Waals surface area contributed by atoms with Gasteiger partial charge < -0.3 is 14.9 Å². The van der Waals surface area contributed by atoms with Crippen molar-refractivity contribution in [3.05, 3.63) is 0 Å². The maximum Gasteiger partial charge on any atom is 0.131 e. The summed E-state index contributed by atoms with van der Waals surface area (Å²) in [7, 11) is 1.27. The van der Waals surface area contributed by atoms with Crippen molar-refractivity contribution in [2.45, 2.75) is 68.8 Å². The number of aliphatic hydroxyl groups excluding tert-OH is 2. The van der Waals surface area contributed by atoms with E-state index < -0.39 is 10.5 Å². The van der Waals surface area contributed by atoms with Crippen LogP contribution < -0.4 is 0 Å². The van der Waals surface area contributed by atoms with Crippen LogP contribution in [-0.2, 0) is 4.74 Å². The second-order valence-electron chi connectivity index (χ2n) is 5.26. The van der Waals surface area contributed by atoms with Crippen molar-refractivity contribution in [1.82, 2.24) is 0 Å². The second kappa shape index (κ2) is 12.2. The lowest BCUT2D eigenvalue weighted by molar-refractivity contribution is 0.0852. The van der Waals surface area contributed by atoms with Gasteiger partial charge in [-0.2, -0.15) is 17.9 Å². The van der Waals surface area contributed by atoms with Gasteiger partial charge in [-0.1, -0.05) is 51.9 Å². The summed E-state index contributed by atoms with van der Waals surface area (Å²) in [5, 5.41) is 28.3. The number of rotatable bonds is 12. The first-order valence-electron chi connectivity index (χ1n) is 7.64. The predicted molar refractivity (Wildman–Crippen MR) is 90.5 cm³/mol. The van der Waals surface area contributed by atoms with E-state index in [1.807, 2.05) is 0 Å². The summed E-state index contributed by atoms with van der Waals surface area (Å²) >= 11 is 4.42. The highest BCUT2D eigenvalue weighted by molar-refractivity contribution is 7.83. The van der Waals surface area contributed by atoms with Gasteiger partial charge in [0.05, 0.1) is 18.0 Å². The molecule has 0 aliphatic rings. The SMILES string of the molecule is CCCCCCCCCC(S)(C#N)[Si]=C(O)C(CO)OC. The van der Waals surface area contributed by atoms with Crippen LogP contribution in [0.5, 0.6) is 0 Å². The molecule has 2 atom stereocenters. The van der Waals surface area contributed by atoms with Gasteiger partial charge in [0.15, 0.2) is 0 Å². The van der Waals surface area contributed by atoms with Crippen LogP contribution in [0, 0.1) is 11.3 Å². The second-order valence-corrected chi connectivity index (χ2v) is 8.06. The Bertz CT molecular complexity index is 342. The van der Waals surface area contributed by atoms with Gasteiger partial charge in [0.2, 0.25) is 0 Å². The van der Waals surface area contributed by atoms with Crippen LogP contribution in [0.15, 0.2) is 0 Å². The topological polar surface area (TPSA) is 73.5 Å². The Balaban J connectivity index is 4.23. The minimum atomic E-state index is -0.862. The maximum atomic E-state index is 9.92. The molecule has 0 rings (SSSR count). The van der Waals surface area contributed by atoms with Crippen LogP contribution in [-0.4, -0.2) is 48.9 Å². The summed E-state index contributed by atoms with van der Waals surface area (Å²) in [5.74, 6) is 0. The first kappa shape index (κ1) is 20.6. The molecule has 2 N–H and O–H groups in total. The number of methoxy groups -OCH3 is 1. The molecule has 121 valence electrons. The Kier molecular flexibility index (Phi) is 12.0. The molecule has 0 bridgehead atoms. The minimum absolute atomic E-state index is 0.0134. The van der Waals surface area contributed by atoms with E-state index in [2.05, 4.69) is 25.6 Å². The molecule has 0 saturated carbocycles. The molecule has 0 aliphatic heterocycles. The Morgan fingerprint density at radius 1 is 1.29 bits per heavy atom. The molecule has 21 heavy (non-hydrogen) atoms. The molecule has 0 aromatic rings. The molecule has 0 spiro atoms. The third kappa shape index (κ3) is 9.30. The first-order chi connectivity index (χ1) is 10.0. The van der Waals surface area contributed by atoms with Gasteiger partial charge in [0, 0.05) is 7.11 Å². The summed E-state index contributed by atoms with van der Waals surface area (Å²) in [6.07, 6.45) is 8.19. The fraction of sp³-hybridized carbons (Fsp3) is 0.867. The van der Waals surface area contributed by atoms with E-state index in [9.17, 15) is 10.4 Å². The lowest BCUT2D eigenvalue weighted by Crippen LogP contribution is -2.36. The zero-order chi connectivity index (χ0) is 16.1.